The second-order valence-corrected chi connectivity index (χ2v) is 7.86. The number of carbonyl (C=O) groups excluding carboxylic acids is 1. The topological polar surface area (TPSA) is 108 Å². The minimum atomic E-state index is -3.71. The molecule has 1 N–H and O–H groups in total. The normalized spacial score (nSPS) is 16.7. The number of likely N-dealkylation sites (tertiary alicyclic amines) is 1. The summed E-state index contributed by atoms with van der Waals surface area (Å²) in [6, 6.07) is 1.22. The maximum atomic E-state index is 12.4. The van der Waals surface area contributed by atoms with Gasteiger partial charge >= 0.3 is 5.97 Å². The van der Waals surface area contributed by atoms with Gasteiger partial charge in [-0.15, -0.1) is 0 Å². The second kappa shape index (κ2) is 6.71. The monoisotopic (exact) mass is 344 g/mol. The van der Waals surface area contributed by atoms with Crippen LogP contribution in [0.15, 0.2) is 21.8 Å². The number of piperidine rings is 1. The lowest BCUT2D eigenvalue weighted by atomic mass is 9.93. The van der Waals surface area contributed by atoms with Crippen LogP contribution in [0.25, 0.3) is 0 Å². The smallest absolute Gasteiger partial charge is 0.303 e. The molecule has 8 nitrogen and oxygen atoms in total. The number of nitrogens with zero attached hydrogens (tertiary/aromatic N) is 2. The molecule has 0 radical (unpaired) electrons. The van der Waals surface area contributed by atoms with Crippen molar-refractivity contribution in [3.8, 4) is 0 Å². The van der Waals surface area contributed by atoms with Gasteiger partial charge in [0.2, 0.25) is 5.09 Å². The number of carboxylic acids is 1. The molecule has 0 spiro atoms. The van der Waals surface area contributed by atoms with Gasteiger partial charge in [-0.05, 0) is 18.8 Å². The number of rotatable bonds is 5. The number of amides is 1. The summed E-state index contributed by atoms with van der Waals surface area (Å²) in [6.07, 6.45) is 2.50. The molecule has 1 aromatic heterocycles. The first-order chi connectivity index (χ1) is 10.7. The Morgan fingerprint density at radius 1 is 1.35 bits per heavy atom. The molecule has 2 heterocycles. The largest absolute Gasteiger partial charge is 0.481 e. The number of hydrogen-bond acceptors (Lipinski definition) is 5. The Kier molecular flexibility index (Phi) is 5.10. The predicted octanol–water partition coefficient (Wildman–Crippen LogP) is 0.857. The molecule has 1 amide bonds. The van der Waals surface area contributed by atoms with Crippen molar-refractivity contribution in [3.05, 3.63) is 17.9 Å². The van der Waals surface area contributed by atoms with Gasteiger partial charge in [0, 0.05) is 39.7 Å². The Labute approximate surface area is 134 Å². The summed E-state index contributed by atoms with van der Waals surface area (Å²) in [6.45, 7) is 0.912. The van der Waals surface area contributed by atoms with Crippen molar-refractivity contribution in [2.75, 3.05) is 27.2 Å². The first-order valence-corrected chi connectivity index (χ1v) is 8.68. The Morgan fingerprint density at radius 2 is 1.96 bits per heavy atom. The van der Waals surface area contributed by atoms with E-state index in [2.05, 4.69) is 0 Å². The van der Waals surface area contributed by atoms with Gasteiger partial charge in [-0.3, -0.25) is 9.59 Å². The summed E-state index contributed by atoms with van der Waals surface area (Å²) in [5, 5.41) is 8.52. The van der Waals surface area contributed by atoms with Crippen molar-refractivity contribution in [2.24, 2.45) is 5.92 Å². The Morgan fingerprint density at radius 3 is 2.48 bits per heavy atom. The van der Waals surface area contributed by atoms with Crippen LogP contribution in [-0.2, 0) is 14.8 Å². The van der Waals surface area contributed by atoms with E-state index in [-0.39, 0.29) is 28.9 Å². The maximum Gasteiger partial charge on any atom is 0.303 e. The van der Waals surface area contributed by atoms with E-state index in [9.17, 15) is 18.0 Å². The quantitative estimate of drug-likeness (QED) is 0.848. The lowest BCUT2D eigenvalue weighted by molar-refractivity contribution is -0.138. The molecule has 23 heavy (non-hydrogen) atoms. The fourth-order valence-corrected chi connectivity index (χ4v) is 3.32. The van der Waals surface area contributed by atoms with Gasteiger partial charge in [0.1, 0.15) is 6.26 Å². The number of aliphatic carboxylic acids is 1. The van der Waals surface area contributed by atoms with Crippen LogP contribution in [0.5, 0.6) is 0 Å². The molecule has 1 aliphatic heterocycles. The predicted molar refractivity (Wildman–Crippen MR) is 80.5 cm³/mol. The zero-order valence-electron chi connectivity index (χ0n) is 13.1. The van der Waals surface area contributed by atoms with Gasteiger partial charge < -0.3 is 14.4 Å². The lowest BCUT2D eigenvalue weighted by Crippen LogP contribution is -2.38. The second-order valence-electron chi connectivity index (χ2n) is 5.78. The first kappa shape index (κ1) is 17.5. The van der Waals surface area contributed by atoms with E-state index in [1.807, 2.05) is 0 Å². The van der Waals surface area contributed by atoms with Gasteiger partial charge in [-0.2, -0.15) is 0 Å². The molecular formula is C14H20N2O6S. The molecule has 0 bridgehead atoms. The molecule has 1 saturated heterocycles. The highest BCUT2D eigenvalue weighted by Crippen LogP contribution is 2.23. The van der Waals surface area contributed by atoms with Crippen molar-refractivity contribution >= 4 is 21.9 Å². The zero-order valence-corrected chi connectivity index (χ0v) is 13.9. The van der Waals surface area contributed by atoms with E-state index in [1.54, 1.807) is 4.90 Å². The molecular weight excluding hydrogens is 324 g/mol. The first-order valence-electron chi connectivity index (χ1n) is 7.24. The summed E-state index contributed by atoms with van der Waals surface area (Å²) in [4.78, 5) is 24.7. The van der Waals surface area contributed by atoms with Gasteiger partial charge in [0.25, 0.3) is 15.9 Å². The van der Waals surface area contributed by atoms with Crippen LogP contribution >= 0.6 is 0 Å². The third-order valence-corrected chi connectivity index (χ3v) is 5.61. The number of carboxylic acid groups (broad SMARTS) is 1. The molecule has 1 aliphatic rings. The maximum absolute atomic E-state index is 12.4. The highest BCUT2D eigenvalue weighted by molar-refractivity contribution is 7.88. The summed E-state index contributed by atoms with van der Waals surface area (Å²) >= 11 is 0. The molecule has 0 aromatic carbocycles. The molecule has 9 heteroatoms. The molecule has 2 rings (SSSR count). The number of carbonyl (C=O) groups is 2. The molecule has 0 atom stereocenters. The fourth-order valence-electron chi connectivity index (χ4n) is 2.51. The molecule has 128 valence electrons. The van der Waals surface area contributed by atoms with Crippen LogP contribution in [0, 0.1) is 5.92 Å². The van der Waals surface area contributed by atoms with Gasteiger partial charge in [-0.1, -0.05) is 0 Å². The summed E-state index contributed by atoms with van der Waals surface area (Å²) in [5.41, 5.74) is 0.183. The Bertz CT molecular complexity index is 686. The van der Waals surface area contributed by atoms with Crippen molar-refractivity contribution in [3.63, 3.8) is 0 Å². The van der Waals surface area contributed by atoms with Crippen molar-refractivity contribution in [2.45, 2.75) is 24.4 Å². The van der Waals surface area contributed by atoms with E-state index in [1.165, 1.54) is 20.2 Å². The lowest BCUT2D eigenvalue weighted by Gasteiger charge is -2.31. The van der Waals surface area contributed by atoms with Crippen LogP contribution < -0.4 is 0 Å². The van der Waals surface area contributed by atoms with Gasteiger partial charge in [-0.25, -0.2) is 12.7 Å². The average molecular weight is 344 g/mol. The molecule has 0 unspecified atom stereocenters. The van der Waals surface area contributed by atoms with E-state index in [0.717, 1.165) is 10.6 Å². The minimum absolute atomic E-state index is 0.0746. The fraction of sp³-hybridized carbons (Fsp3) is 0.571. The van der Waals surface area contributed by atoms with Crippen LogP contribution in [0.4, 0.5) is 0 Å². The molecule has 1 fully saturated rings. The third kappa shape index (κ3) is 3.91. The van der Waals surface area contributed by atoms with Crippen LogP contribution in [0.3, 0.4) is 0 Å². The summed E-state index contributed by atoms with van der Waals surface area (Å²) in [7, 11) is -0.949. The van der Waals surface area contributed by atoms with Crippen molar-refractivity contribution in [1.29, 1.82) is 0 Å². The van der Waals surface area contributed by atoms with Crippen LogP contribution in [-0.4, -0.2) is 61.8 Å². The summed E-state index contributed by atoms with van der Waals surface area (Å²) < 4.78 is 29.9. The van der Waals surface area contributed by atoms with E-state index in [4.69, 9.17) is 9.52 Å². The standard InChI is InChI=1S/C14H20N2O6S/c1-15(2)23(20,21)13-8-11(9-22-13)14(19)16-5-3-10(4-6-16)7-12(17)18/h8-10H,3-7H2,1-2H3,(H,17,18). The molecule has 0 saturated carbocycles. The highest BCUT2D eigenvalue weighted by Gasteiger charge is 2.28. The Balaban J connectivity index is 2.03. The van der Waals surface area contributed by atoms with Crippen molar-refractivity contribution < 1.29 is 27.5 Å². The Hall–Kier alpha value is -1.87. The van der Waals surface area contributed by atoms with E-state index >= 15 is 0 Å². The SMILES string of the molecule is CN(C)S(=O)(=O)c1cc(C(=O)N2CCC(CC(=O)O)CC2)co1. The van der Waals surface area contributed by atoms with Crippen LogP contribution in [0.2, 0.25) is 0 Å². The number of hydrogen-bond donors (Lipinski definition) is 1. The highest BCUT2D eigenvalue weighted by atomic mass is 32.2. The van der Waals surface area contributed by atoms with Crippen molar-refractivity contribution in [1.82, 2.24) is 9.21 Å². The van der Waals surface area contributed by atoms with E-state index in [0.29, 0.717) is 25.9 Å². The number of furan rings is 1. The average Bonchev–Trinajstić information content (AvgIpc) is 2.97. The molecule has 0 aliphatic carbocycles. The summed E-state index contributed by atoms with van der Waals surface area (Å²) in [5.74, 6) is -1.06. The van der Waals surface area contributed by atoms with E-state index < -0.39 is 16.0 Å². The number of sulfonamides is 1. The zero-order chi connectivity index (χ0) is 17.2. The van der Waals surface area contributed by atoms with Gasteiger partial charge in [0.15, 0.2) is 0 Å². The molecule has 1 aromatic rings. The van der Waals surface area contributed by atoms with Gasteiger partial charge in [0.05, 0.1) is 5.56 Å². The minimum Gasteiger partial charge on any atom is -0.481 e. The third-order valence-electron chi connectivity index (χ3n) is 3.92. The van der Waals surface area contributed by atoms with Crippen LogP contribution in [0.1, 0.15) is 29.6 Å².